The zero-order chi connectivity index (χ0) is 41.8. The van der Waals surface area contributed by atoms with Crippen LogP contribution in [-0.2, 0) is 18.0 Å². The third-order valence-corrected chi connectivity index (χ3v) is 28.0. The molecule has 4 atom stereocenters. The Morgan fingerprint density at radius 2 is 0.727 bits per heavy atom. The molecule has 1 rings (SSSR count). The predicted molar refractivity (Wildman–Crippen MR) is 252 cm³/mol. The highest BCUT2D eigenvalue weighted by molar-refractivity contribution is 6.74. The first-order valence-electron chi connectivity index (χ1n) is 24.1. The number of rotatable bonds is 31. The van der Waals surface area contributed by atoms with Gasteiger partial charge in [0.1, 0.15) is 0 Å². The van der Waals surface area contributed by atoms with Crippen LogP contribution in [0.25, 0.3) is 0 Å². The van der Waals surface area contributed by atoms with Gasteiger partial charge in [0.25, 0.3) is 0 Å². The molecule has 0 N–H and O–H groups in total. The van der Waals surface area contributed by atoms with Crippen LogP contribution < -0.4 is 0 Å². The van der Waals surface area contributed by atoms with Crippen molar-refractivity contribution in [3.63, 3.8) is 0 Å². The third-order valence-electron chi connectivity index (χ3n) is 14.4. The Bertz CT molecular complexity index is 962. The summed E-state index contributed by atoms with van der Waals surface area (Å²) >= 11 is 0. The minimum absolute atomic E-state index is 0.199. The van der Waals surface area contributed by atoms with Crippen LogP contribution in [0, 0.1) is 0 Å². The molecule has 1 saturated heterocycles. The normalized spacial score (nSPS) is 19.0. The minimum Gasteiger partial charge on any atom is -0.417 e. The van der Waals surface area contributed by atoms with Crippen molar-refractivity contribution in [2.24, 2.45) is 0 Å². The van der Waals surface area contributed by atoms with E-state index in [9.17, 15) is 0 Å². The smallest absolute Gasteiger partial charge is 0.192 e. The fourth-order valence-electron chi connectivity index (χ4n) is 7.23. The van der Waals surface area contributed by atoms with Crippen molar-refractivity contribution in [1.82, 2.24) is 0 Å². The Kier molecular flexibility index (Phi) is 25.3. The van der Waals surface area contributed by atoms with Crippen molar-refractivity contribution in [3.8, 4) is 0 Å². The summed E-state index contributed by atoms with van der Waals surface area (Å²) in [6, 6.07) is 0. The largest absolute Gasteiger partial charge is 0.417 e. The maximum Gasteiger partial charge on any atom is 0.192 e. The van der Waals surface area contributed by atoms with Gasteiger partial charge in [-0.15, -0.1) is 0 Å². The van der Waals surface area contributed by atoms with Gasteiger partial charge in [0, 0.05) is 6.61 Å². The Morgan fingerprint density at radius 1 is 0.436 bits per heavy atom. The molecule has 0 bridgehead atoms. The topological polar surface area (TPSA) is 36.9 Å². The first-order chi connectivity index (χ1) is 25.5. The highest BCUT2D eigenvalue weighted by Gasteiger charge is 2.46. The monoisotopic (exact) mass is 827 g/mol. The van der Waals surface area contributed by atoms with E-state index in [0.717, 1.165) is 32.3 Å². The third kappa shape index (κ3) is 21.5. The highest BCUT2D eigenvalue weighted by atomic mass is 28.4. The molecule has 1 fully saturated rings. The molecule has 0 spiro atoms. The molecule has 0 amide bonds. The minimum atomic E-state index is -1.93. The molecule has 0 aromatic carbocycles. The van der Waals surface area contributed by atoms with Gasteiger partial charge in [-0.05, 0) is 86.5 Å². The van der Waals surface area contributed by atoms with E-state index in [2.05, 4.69) is 109 Å². The summed E-state index contributed by atoms with van der Waals surface area (Å²) < 4.78 is 28.0. The quantitative estimate of drug-likeness (QED) is 0.0515. The Hall–Kier alpha value is 0.491. The molecule has 1 heterocycles. The lowest BCUT2D eigenvalue weighted by Crippen LogP contribution is -2.48. The molecular formula is C48H102O4Si3. The van der Waals surface area contributed by atoms with Crippen LogP contribution in [0.4, 0.5) is 0 Å². The summed E-state index contributed by atoms with van der Waals surface area (Å²) in [4.78, 5) is 0. The van der Waals surface area contributed by atoms with E-state index in [0.29, 0.717) is 5.04 Å². The van der Waals surface area contributed by atoms with Crippen LogP contribution in [0.15, 0.2) is 0 Å². The molecule has 0 radical (unpaired) electrons. The van der Waals surface area contributed by atoms with E-state index in [1.54, 1.807) is 0 Å². The van der Waals surface area contributed by atoms with Gasteiger partial charge in [0.05, 0.1) is 24.4 Å². The summed E-state index contributed by atoms with van der Waals surface area (Å²) in [5, 5.41) is 0.716. The van der Waals surface area contributed by atoms with Crippen LogP contribution in [-0.4, -0.2) is 56.0 Å². The number of hydrogen-bond donors (Lipinski definition) is 0. The second-order valence-corrected chi connectivity index (χ2v) is 36.8. The molecule has 1 aliphatic rings. The first-order valence-corrected chi connectivity index (χ1v) is 32.8. The molecule has 7 heteroatoms. The van der Waals surface area contributed by atoms with E-state index in [4.69, 9.17) is 18.0 Å². The van der Waals surface area contributed by atoms with Crippen molar-refractivity contribution < 1.29 is 18.0 Å². The molecule has 0 unspecified atom stereocenters. The Morgan fingerprint density at radius 3 is 1.04 bits per heavy atom. The molecule has 0 saturated carbocycles. The van der Waals surface area contributed by atoms with Gasteiger partial charge >= 0.3 is 0 Å². The first kappa shape index (κ1) is 53.5. The van der Waals surface area contributed by atoms with Gasteiger partial charge in [-0.2, -0.15) is 0 Å². The average molecular weight is 828 g/mol. The van der Waals surface area contributed by atoms with Crippen molar-refractivity contribution >= 4 is 25.0 Å². The number of ether oxygens (including phenoxy) is 1. The van der Waals surface area contributed by atoms with Crippen molar-refractivity contribution in [3.05, 3.63) is 0 Å². The molecule has 0 aliphatic carbocycles. The lowest BCUT2D eigenvalue weighted by molar-refractivity contribution is -0.0715. The van der Waals surface area contributed by atoms with Gasteiger partial charge in [0.15, 0.2) is 25.0 Å². The Labute approximate surface area is 350 Å². The zero-order valence-electron chi connectivity index (χ0n) is 40.6. The van der Waals surface area contributed by atoms with Crippen molar-refractivity contribution in [1.29, 1.82) is 0 Å². The zero-order valence-corrected chi connectivity index (χ0v) is 43.6. The molecule has 0 aromatic rings. The highest BCUT2D eigenvalue weighted by Crippen LogP contribution is 2.43. The standard InChI is InChI=1S/C48H102O4Si3/c1-17-18-19-20-21-22-25-28-31-34-37-44(51-54(13,14)47(5,6)7)42-39-40-43(50-42)45(52-55(15,16)48(8,9)10)38-35-32-29-26-23-24-27-30-33-36-41-49-53(11,12)46(2,3)4/h42-45H,17-41H2,1-16H3/t42-,43-,44-,45+/m1/s1. The van der Waals surface area contributed by atoms with Gasteiger partial charge in [-0.1, -0.05) is 191 Å². The van der Waals surface area contributed by atoms with E-state index < -0.39 is 25.0 Å². The molecule has 4 nitrogen and oxygen atoms in total. The maximum absolute atomic E-state index is 7.25. The van der Waals surface area contributed by atoms with Gasteiger partial charge < -0.3 is 18.0 Å². The molecular weight excluding hydrogens is 725 g/mol. The summed E-state index contributed by atoms with van der Waals surface area (Å²) in [5.41, 5.74) is 0. The Balaban J connectivity index is 2.65. The lowest BCUT2D eigenvalue weighted by atomic mass is 10.00. The van der Waals surface area contributed by atoms with Gasteiger partial charge in [0.2, 0.25) is 0 Å². The molecule has 0 aromatic heterocycles. The van der Waals surface area contributed by atoms with Crippen molar-refractivity contribution in [2.75, 3.05) is 6.61 Å². The van der Waals surface area contributed by atoms with E-state index in [-0.39, 0.29) is 34.5 Å². The lowest BCUT2D eigenvalue weighted by Gasteiger charge is -2.42. The van der Waals surface area contributed by atoms with Gasteiger partial charge in [-0.3, -0.25) is 0 Å². The fraction of sp³-hybridized carbons (Fsp3) is 1.00. The second kappa shape index (κ2) is 26.0. The number of unbranched alkanes of at least 4 members (excludes halogenated alkanes) is 18. The van der Waals surface area contributed by atoms with Crippen LogP contribution in [0.5, 0.6) is 0 Å². The second-order valence-electron chi connectivity index (χ2n) is 22.5. The SMILES string of the molecule is CCCCCCCCCCCC[C@@H](O[Si](C)(C)C(C)(C)C)[C@H]1CC[C@H]([C@H](CCCCCCCCCCCCO[Si](C)(C)C(C)(C)C)O[Si](C)(C)C(C)(C)C)O1. The van der Waals surface area contributed by atoms with E-state index in [1.165, 1.54) is 128 Å². The van der Waals surface area contributed by atoms with Gasteiger partial charge in [-0.25, -0.2) is 0 Å². The van der Waals surface area contributed by atoms with Crippen LogP contribution >= 0.6 is 0 Å². The molecule has 330 valence electrons. The van der Waals surface area contributed by atoms with E-state index >= 15 is 0 Å². The fourth-order valence-corrected chi connectivity index (χ4v) is 11.1. The summed E-state index contributed by atoms with van der Waals surface area (Å²) in [5.74, 6) is 0. The number of hydrogen-bond acceptors (Lipinski definition) is 4. The van der Waals surface area contributed by atoms with Crippen LogP contribution in [0.1, 0.15) is 223 Å². The summed E-state index contributed by atoms with van der Waals surface area (Å²) in [7, 11) is -5.43. The molecule has 1 aliphatic heterocycles. The van der Waals surface area contributed by atoms with Crippen LogP contribution in [0.3, 0.4) is 0 Å². The average Bonchev–Trinajstić information content (AvgIpc) is 3.55. The maximum atomic E-state index is 7.25. The molecule has 55 heavy (non-hydrogen) atoms. The summed E-state index contributed by atoms with van der Waals surface area (Å²) in [6.07, 6.45) is 32.4. The van der Waals surface area contributed by atoms with Crippen LogP contribution in [0.2, 0.25) is 54.4 Å². The predicted octanol–water partition coefficient (Wildman–Crippen LogP) is 16.9. The van der Waals surface area contributed by atoms with Crippen molar-refractivity contribution in [2.45, 2.75) is 302 Å². The van der Waals surface area contributed by atoms with E-state index in [1.807, 2.05) is 0 Å². The summed E-state index contributed by atoms with van der Waals surface area (Å²) in [6.45, 7) is 39.0.